The second-order valence-electron chi connectivity index (χ2n) is 4.20. The molecular weight excluding hydrogens is 272 g/mol. The van der Waals surface area contributed by atoms with Crippen LogP contribution in [0.15, 0.2) is 40.6 Å². The average Bonchev–Trinajstić information content (AvgIpc) is 2.95. The lowest BCUT2D eigenvalue weighted by atomic mass is 10.4. The maximum atomic E-state index is 4.57. The quantitative estimate of drug-likeness (QED) is 0.702. The minimum Gasteiger partial charge on any atom is -0.354 e. The number of nitrogens with one attached hydrogen (secondary N) is 2. The second kappa shape index (κ2) is 5.87. The number of anilines is 1. The summed E-state index contributed by atoms with van der Waals surface area (Å²) in [6, 6.07) is 3.91. The van der Waals surface area contributed by atoms with E-state index in [0.717, 1.165) is 33.9 Å². The lowest BCUT2D eigenvalue weighted by Crippen LogP contribution is -2.05. The molecule has 20 heavy (non-hydrogen) atoms. The van der Waals surface area contributed by atoms with E-state index in [-0.39, 0.29) is 0 Å². The van der Waals surface area contributed by atoms with Gasteiger partial charge in [-0.15, -0.1) is 0 Å². The van der Waals surface area contributed by atoms with Crippen molar-refractivity contribution in [3.8, 4) is 0 Å². The number of aromatic nitrogens is 5. The lowest BCUT2D eigenvalue weighted by Gasteiger charge is -2.06. The van der Waals surface area contributed by atoms with Crippen LogP contribution in [-0.2, 0) is 0 Å². The van der Waals surface area contributed by atoms with Gasteiger partial charge in [-0.3, -0.25) is 10.1 Å². The second-order valence-corrected chi connectivity index (χ2v) is 5.26. The monoisotopic (exact) mass is 286 g/mol. The predicted molar refractivity (Wildman–Crippen MR) is 78.8 cm³/mol. The minimum atomic E-state index is 0.625. The van der Waals surface area contributed by atoms with E-state index in [0.29, 0.717) is 5.95 Å². The number of fused-ring (bicyclic) bond motifs is 1. The van der Waals surface area contributed by atoms with Crippen molar-refractivity contribution >= 4 is 28.7 Å². The molecule has 0 bridgehead atoms. The van der Waals surface area contributed by atoms with Crippen molar-refractivity contribution in [1.29, 1.82) is 0 Å². The highest BCUT2D eigenvalue weighted by atomic mass is 32.2. The van der Waals surface area contributed by atoms with Gasteiger partial charge in [-0.25, -0.2) is 4.98 Å². The fourth-order valence-corrected chi connectivity index (χ4v) is 2.59. The molecule has 7 heteroatoms. The highest BCUT2D eigenvalue weighted by Gasteiger charge is 2.10. The van der Waals surface area contributed by atoms with Gasteiger partial charge in [0, 0.05) is 23.8 Å². The van der Waals surface area contributed by atoms with E-state index in [1.54, 1.807) is 30.4 Å². The average molecular weight is 286 g/mol. The minimum absolute atomic E-state index is 0.625. The Balaban J connectivity index is 1.97. The van der Waals surface area contributed by atoms with E-state index in [1.807, 2.05) is 12.1 Å². The van der Waals surface area contributed by atoms with Crippen LogP contribution in [-0.4, -0.2) is 31.7 Å². The summed E-state index contributed by atoms with van der Waals surface area (Å²) in [6.45, 7) is 2.95. The van der Waals surface area contributed by atoms with E-state index in [1.165, 1.54) is 0 Å². The molecule has 0 aliphatic rings. The van der Waals surface area contributed by atoms with Crippen molar-refractivity contribution in [1.82, 2.24) is 25.1 Å². The van der Waals surface area contributed by atoms with Crippen LogP contribution in [0.1, 0.15) is 13.3 Å². The van der Waals surface area contributed by atoms with Crippen LogP contribution in [0.25, 0.3) is 11.0 Å². The molecule has 3 aromatic rings. The highest BCUT2D eigenvalue weighted by Crippen LogP contribution is 2.31. The van der Waals surface area contributed by atoms with Gasteiger partial charge in [-0.05, 0) is 18.6 Å². The van der Waals surface area contributed by atoms with Crippen LogP contribution in [0, 0.1) is 0 Å². The number of hydrogen-bond donors (Lipinski definition) is 2. The smallest absolute Gasteiger partial charge is 0.225 e. The van der Waals surface area contributed by atoms with E-state index in [2.05, 4.69) is 37.4 Å². The van der Waals surface area contributed by atoms with Crippen molar-refractivity contribution in [3.63, 3.8) is 0 Å². The van der Waals surface area contributed by atoms with Crippen LogP contribution < -0.4 is 5.32 Å². The molecule has 0 aliphatic heterocycles. The number of pyridine rings is 1. The maximum absolute atomic E-state index is 4.57. The topological polar surface area (TPSA) is 79.4 Å². The fraction of sp³-hybridized carbons (Fsp3) is 0.231. The summed E-state index contributed by atoms with van der Waals surface area (Å²) in [5.41, 5.74) is 0.746. The first-order valence-corrected chi connectivity index (χ1v) is 7.21. The number of H-pyrrole nitrogens is 1. The normalized spacial score (nSPS) is 10.8. The molecule has 0 radical (unpaired) electrons. The summed E-state index contributed by atoms with van der Waals surface area (Å²) in [5.74, 6) is 0.625. The van der Waals surface area contributed by atoms with E-state index >= 15 is 0 Å². The number of nitrogens with zero attached hydrogens (tertiary/aromatic N) is 4. The molecule has 2 N–H and O–H groups in total. The summed E-state index contributed by atoms with van der Waals surface area (Å²) in [6.07, 6.45) is 6.32. The van der Waals surface area contributed by atoms with Gasteiger partial charge >= 0.3 is 0 Å². The third kappa shape index (κ3) is 2.72. The zero-order valence-electron chi connectivity index (χ0n) is 11.0. The van der Waals surface area contributed by atoms with Crippen molar-refractivity contribution in [3.05, 3.63) is 30.7 Å². The molecule has 6 nitrogen and oxygen atoms in total. The van der Waals surface area contributed by atoms with E-state index in [4.69, 9.17) is 0 Å². The number of aromatic amines is 1. The standard InChI is InChI=1S/C13H14N6S/c1-2-5-15-13-17-11-10(8-16-19-11)12(18-13)20-9-3-6-14-7-4-9/h3-4,6-8H,2,5H2,1H3,(H2,15,16,17,18,19). The third-order valence-corrected chi connectivity index (χ3v) is 3.68. The van der Waals surface area contributed by atoms with Crippen molar-refractivity contribution in [2.45, 2.75) is 23.3 Å². The summed E-state index contributed by atoms with van der Waals surface area (Å²) < 4.78 is 0. The summed E-state index contributed by atoms with van der Waals surface area (Å²) in [4.78, 5) is 14.1. The summed E-state index contributed by atoms with van der Waals surface area (Å²) in [7, 11) is 0. The van der Waals surface area contributed by atoms with Gasteiger partial charge in [0.1, 0.15) is 5.03 Å². The highest BCUT2D eigenvalue weighted by molar-refractivity contribution is 7.99. The van der Waals surface area contributed by atoms with Gasteiger partial charge in [0.2, 0.25) is 5.95 Å². The third-order valence-electron chi connectivity index (χ3n) is 2.67. The van der Waals surface area contributed by atoms with Crippen LogP contribution in [0.5, 0.6) is 0 Å². The van der Waals surface area contributed by atoms with Gasteiger partial charge in [0.15, 0.2) is 5.65 Å². The van der Waals surface area contributed by atoms with Gasteiger partial charge in [-0.2, -0.15) is 10.1 Å². The van der Waals surface area contributed by atoms with Crippen LogP contribution >= 0.6 is 11.8 Å². The molecule has 0 unspecified atom stereocenters. The van der Waals surface area contributed by atoms with Crippen LogP contribution in [0.4, 0.5) is 5.95 Å². The molecule has 3 heterocycles. The number of rotatable bonds is 5. The fourth-order valence-electron chi connectivity index (χ4n) is 1.72. The molecule has 0 aliphatic carbocycles. The molecule has 0 aromatic carbocycles. The van der Waals surface area contributed by atoms with Crippen LogP contribution in [0.3, 0.4) is 0 Å². The largest absolute Gasteiger partial charge is 0.354 e. The van der Waals surface area contributed by atoms with Gasteiger partial charge in [0.05, 0.1) is 11.6 Å². The van der Waals surface area contributed by atoms with E-state index in [9.17, 15) is 0 Å². The first kappa shape index (κ1) is 12.9. The predicted octanol–water partition coefficient (Wildman–Crippen LogP) is 2.72. The first-order valence-electron chi connectivity index (χ1n) is 6.39. The Morgan fingerprint density at radius 3 is 2.90 bits per heavy atom. The first-order chi connectivity index (χ1) is 9.86. The Labute approximate surface area is 120 Å². The molecule has 102 valence electrons. The molecule has 0 saturated heterocycles. The Morgan fingerprint density at radius 1 is 1.25 bits per heavy atom. The Morgan fingerprint density at radius 2 is 2.10 bits per heavy atom. The molecule has 3 rings (SSSR count). The van der Waals surface area contributed by atoms with Crippen molar-refractivity contribution < 1.29 is 0 Å². The number of hydrogen-bond acceptors (Lipinski definition) is 6. The molecule has 0 fully saturated rings. The molecule has 0 atom stereocenters. The molecular formula is C13H14N6S. The Bertz CT molecular complexity index is 696. The lowest BCUT2D eigenvalue weighted by molar-refractivity contribution is 0.943. The molecule has 3 aromatic heterocycles. The summed E-state index contributed by atoms with van der Waals surface area (Å²) >= 11 is 1.58. The SMILES string of the molecule is CCCNc1nc(Sc2ccncc2)c2cn[nH]c2n1. The van der Waals surface area contributed by atoms with Crippen molar-refractivity contribution in [2.24, 2.45) is 0 Å². The van der Waals surface area contributed by atoms with Gasteiger partial charge < -0.3 is 5.32 Å². The van der Waals surface area contributed by atoms with Crippen molar-refractivity contribution in [2.75, 3.05) is 11.9 Å². The molecule has 0 spiro atoms. The van der Waals surface area contributed by atoms with Gasteiger partial charge in [0.25, 0.3) is 0 Å². The molecule has 0 saturated carbocycles. The summed E-state index contributed by atoms with van der Waals surface area (Å²) in [5, 5.41) is 12.0. The van der Waals surface area contributed by atoms with Crippen LogP contribution in [0.2, 0.25) is 0 Å². The zero-order valence-corrected chi connectivity index (χ0v) is 11.8. The Kier molecular flexibility index (Phi) is 3.78. The van der Waals surface area contributed by atoms with E-state index < -0.39 is 0 Å². The molecule has 0 amide bonds. The zero-order chi connectivity index (χ0) is 13.8. The Hall–Kier alpha value is -2.15. The van der Waals surface area contributed by atoms with Gasteiger partial charge in [-0.1, -0.05) is 18.7 Å². The maximum Gasteiger partial charge on any atom is 0.225 e.